The Bertz CT molecular complexity index is 724. The number of aryl methyl sites for hydroxylation is 2. The summed E-state index contributed by atoms with van der Waals surface area (Å²) in [6.07, 6.45) is 0.865. The summed E-state index contributed by atoms with van der Waals surface area (Å²) >= 11 is 1.42. The second-order valence-corrected chi connectivity index (χ2v) is 5.80. The van der Waals surface area contributed by atoms with Crippen molar-refractivity contribution in [3.05, 3.63) is 49.7 Å². The molecule has 7 heteroatoms. The zero-order chi connectivity index (χ0) is 16.3. The van der Waals surface area contributed by atoms with E-state index in [9.17, 15) is 14.9 Å². The first-order valence-corrected chi connectivity index (χ1v) is 7.51. The minimum atomic E-state index is -0.514. The van der Waals surface area contributed by atoms with Gasteiger partial charge in [0.05, 0.1) is 22.6 Å². The average molecular weight is 320 g/mol. The molecule has 116 valence electrons. The number of methoxy groups -OCH3 is 1. The number of nitrogens with one attached hydrogen (secondary N) is 1. The number of carbonyl (C=O) groups excluding carboxylic acids is 1. The van der Waals surface area contributed by atoms with E-state index in [1.807, 2.05) is 19.9 Å². The van der Waals surface area contributed by atoms with Crippen LogP contribution in [0.15, 0.2) is 24.3 Å². The smallest absolute Gasteiger partial charge is 0.271 e. The van der Waals surface area contributed by atoms with E-state index >= 15 is 0 Å². The molecule has 22 heavy (non-hydrogen) atoms. The van der Waals surface area contributed by atoms with Crippen LogP contribution in [0.25, 0.3) is 0 Å². The Morgan fingerprint density at radius 2 is 2.14 bits per heavy atom. The van der Waals surface area contributed by atoms with E-state index in [4.69, 9.17) is 4.74 Å². The van der Waals surface area contributed by atoms with Gasteiger partial charge in [-0.25, -0.2) is 0 Å². The third-order valence-electron chi connectivity index (χ3n) is 3.21. The Morgan fingerprint density at radius 1 is 1.41 bits per heavy atom. The van der Waals surface area contributed by atoms with Crippen LogP contribution in [0, 0.1) is 17.0 Å². The molecule has 1 heterocycles. The van der Waals surface area contributed by atoms with Crippen LogP contribution in [-0.2, 0) is 6.42 Å². The van der Waals surface area contributed by atoms with Crippen LogP contribution in [0.1, 0.15) is 27.0 Å². The van der Waals surface area contributed by atoms with Gasteiger partial charge in [0.15, 0.2) is 0 Å². The van der Waals surface area contributed by atoms with E-state index < -0.39 is 4.92 Å². The maximum Gasteiger partial charge on any atom is 0.271 e. The average Bonchev–Trinajstić information content (AvgIpc) is 2.88. The highest BCUT2D eigenvalue weighted by Crippen LogP contribution is 2.30. The van der Waals surface area contributed by atoms with Crippen molar-refractivity contribution < 1.29 is 14.5 Å². The van der Waals surface area contributed by atoms with Crippen molar-refractivity contribution in [3.8, 4) is 5.75 Å². The molecule has 0 radical (unpaired) electrons. The first kappa shape index (κ1) is 16.0. The van der Waals surface area contributed by atoms with Gasteiger partial charge in [0.25, 0.3) is 11.6 Å². The van der Waals surface area contributed by atoms with Crippen molar-refractivity contribution in [2.75, 3.05) is 12.4 Å². The molecule has 1 aromatic carbocycles. The Labute approximate surface area is 131 Å². The second kappa shape index (κ2) is 6.57. The monoisotopic (exact) mass is 320 g/mol. The van der Waals surface area contributed by atoms with Gasteiger partial charge >= 0.3 is 0 Å². The summed E-state index contributed by atoms with van der Waals surface area (Å²) in [4.78, 5) is 24.4. The maximum absolute atomic E-state index is 12.3. The van der Waals surface area contributed by atoms with E-state index in [0.717, 1.165) is 16.9 Å². The van der Waals surface area contributed by atoms with Crippen LogP contribution in [0.4, 0.5) is 11.4 Å². The van der Waals surface area contributed by atoms with Crippen LogP contribution in [0.2, 0.25) is 0 Å². The summed E-state index contributed by atoms with van der Waals surface area (Å²) in [5.74, 6) is 0.0783. The van der Waals surface area contributed by atoms with Crippen molar-refractivity contribution in [3.63, 3.8) is 0 Å². The van der Waals surface area contributed by atoms with Crippen LogP contribution >= 0.6 is 11.3 Å². The summed E-state index contributed by atoms with van der Waals surface area (Å²) in [6, 6.07) is 5.91. The first-order chi connectivity index (χ1) is 10.5. The number of rotatable bonds is 5. The van der Waals surface area contributed by atoms with Gasteiger partial charge in [-0.15, -0.1) is 11.3 Å². The molecule has 2 aromatic rings. The largest absolute Gasteiger partial charge is 0.495 e. The van der Waals surface area contributed by atoms with Crippen molar-refractivity contribution in [1.29, 1.82) is 0 Å². The quantitative estimate of drug-likeness (QED) is 0.671. The fourth-order valence-corrected chi connectivity index (χ4v) is 3.08. The number of thiophene rings is 1. The predicted octanol–water partition coefficient (Wildman–Crippen LogP) is 3.79. The molecule has 2 rings (SSSR count). The topological polar surface area (TPSA) is 81.5 Å². The van der Waals surface area contributed by atoms with Crippen molar-refractivity contribution in [1.82, 2.24) is 0 Å². The molecule has 1 N–H and O–H groups in total. The van der Waals surface area contributed by atoms with Gasteiger partial charge in [0.2, 0.25) is 0 Å². The van der Waals surface area contributed by atoms with Crippen molar-refractivity contribution >= 4 is 28.6 Å². The molecular weight excluding hydrogens is 304 g/mol. The number of nitrogens with zero attached hydrogens (tertiary/aromatic N) is 1. The number of hydrogen-bond acceptors (Lipinski definition) is 5. The van der Waals surface area contributed by atoms with Gasteiger partial charge < -0.3 is 10.1 Å². The number of ether oxygens (including phenoxy) is 1. The summed E-state index contributed by atoms with van der Waals surface area (Å²) < 4.78 is 5.13. The minimum absolute atomic E-state index is 0.104. The van der Waals surface area contributed by atoms with Gasteiger partial charge in [-0.05, 0) is 31.0 Å². The number of nitro groups is 1. The molecule has 0 saturated carbocycles. The van der Waals surface area contributed by atoms with Crippen molar-refractivity contribution in [2.45, 2.75) is 20.3 Å². The summed E-state index contributed by atoms with van der Waals surface area (Å²) in [5.41, 5.74) is 1.25. The van der Waals surface area contributed by atoms with Crippen LogP contribution in [-0.4, -0.2) is 17.9 Å². The van der Waals surface area contributed by atoms with E-state index in [0.29, 0.717) is 10.6 Å². The summed E-state index contributed by atoms with van der Waals surface area (Å²) in [5, 5.41) is 13.5. The minimum Gasteiger partial charge on any atom is -0.495 e. The highest BCUT2D eigenvalue weighted by Gasteiger charge is 2.16. The Kier molecular flexibility index (Phi) is 4.77. The lowest BCUT2D eigenvalue weighted by molar-refractivity contribution is -0.384. The fourth-order valence-electron chi connectivity index (χ4n) is 2.07. The van der Waals surface area contributed by atoms with E-state index in [-0.39, 0.29) is 17.3 Å². The van der Waals surface area contributed by atoms with E-state index in [1.165, 1.54) is 36.6 Å². The number of anilines is 1. The van der Waals surface area contributed by atoms with Gasteiger partial charge in [-0.3, -0.25) is 14.9 Å². The number of amides is 1. The van der Waals surface area contributed by atoms with Gasteiger partial charge in [0.1, 0.15) is 5.75 Å². The Balaban J connectivity index is 2.30. The zero-order valence-electron chi connectivity index (χ0n) is 12.5. The molecule has 0 aliphatic heterocycles. The highest BCUT2D eigenvalue weighted by atomic mass is 32.1. The third kappa shape index (κ3) is 3.25. The predicted molar refractivity (Wildman–Crippen MR) is 86.0 cm³/mol. The standard InChI is InChI=1S/C15H16N2O4S/c1-4-13-9(2)7-14(22-13)15(18)16-11-8-10(17(19)20)5-6-12(11)21-3/h5-8H,4H2,1-3H3,(H,16,18). The summed E-state index contributed by atoms with van der Waals surface area (Å²) in [7, 11) is 1.45. The molecule has 1 amide bonds. The third-order valence-corrected chi connectivity index (χ3v) is 4.59. The van der Waals surface area contributed by atoms with Gasteiger partial charge in [0, 0.05) is 17.0 Å². The molecule has 0 fully saturated rings. The molecule has 0 saturated heterocycles. The zero-order valence-corrected chi connectivity index (χ0v) is 13.3. The van der Waals surface area contributed by atoms with Gasteiger partial charge in [-0.2, -0.15) is 0 Å². The van der Waals surface area contributed by atoms with Crippen molar-refractivity contribution in [2.24, 2.45) is 0 Å². The molecule has 6 nitrogen and oxygen atoms in total. The highest BCUT2D eigenvalue weighted by molar-refractivity contribution is 7.14. The Morgan fingerprint density at radius 3 is 2.68 bits per heavy atom. The lowest BCUT2D eigenvalue weighted by Crippen LogP contribution is -2.11. The Hall–Kier alpha value is -2.41. The summed E-state index contributed by atoms with van der Waals surface area (Å²) in [6.45, 7) is 3.99. The second-order valence-electron chi connectivity index (χ2n) is 4.67. The molecule has 0 unspecified atom stereocenters. The number of non-ortho nitro benzene ring substituents is 1. The van der Waals surface area contributed by atoms with Crippen LogP contribution < -0.4 is 10.1 Å². The number of carbonyl (C=O) groups is 1. The molecular formula is C15H16N2O4S. The van der Waals surface area contributed by atoms with Crippen LogP contribution in [0.3, 0.4) is 0 Å². The van der Waals surface area contributed by atoms with Gasteiger partial charge in [-0.1, -0.05) is 6.92 Å². The molecule has 0 aliphatic carbocycles. The molecule has 0 bridgehead atoms. The SMILES string of the molecule is CCc1sc(C(=O)Nc2cc([N+](=O)[O-])ccc2OC)cc1C. The fraction of sp³-hybridized carbons (Fsp3) is 0.267. The van der Waals surface area contributed by atoms with Crippen LogP contribution in [0.5, 0.6) is 5.75 Å². The number of hydrogen-bond donors (Lipinski definition) is 1. The lowest BCUT2D eigenvalue weighted by atomic mass is 10.2. The first-order valence-electron chi connectivity index (χ1n) is 6.69. The molecule has 0 aliphatic rings. The molecule has 0 spiro atoms. The number of nitro benzene ring substituents is 1. The normalized spacial score (nSPS) is 10.3. The molecule has 1 aromatic heterocycles. The number of benzene rings is 1. The maximum atomic E-state index is 12.3. The van der Waals surface area contributed by atoms with E-state index in [2.05, 4.69) is 5.32 Å². The van der Waals surface area contributed by atoms with E-state index in [1.54, 1.807) is 0 Å². The molecule has 0 atom stereocenters. The lowest BCUT2D eigenvalue weighted by Gasteiger charge is -2.09.